The molecule has 2 fully saturated rings. The van der Waals surface area contributed by atoms with Gasteiger partial charge in [-0.1, -0.05) is 46.4 Å². The number of likely N-dealkylation sites (N-methyl/N-ethyl adjacent to an activating group) is 1. The summed E-state index contributed by atoms with van der Waals surface area (Å²) >= 11 is 0. The monoisotopic (exact) mass is 906 g/mol. The number of phenolic OH excluding ortho intramolecular Hbond substituents is 1. The fraction of sp³-hybridized carbons (Fsp3) is 0.520. The van der Waals surface area contributed by atoms with Gasteiger partial charge in [0.25, 0.3) is 5.91 Å². The molecule has 7 rings (SSSR count). The van der Waals surface area contributed by atoms with Gasteiger partial charge in [0, 0.05) is 69.6 Å². The lowest BCUT2D eigenvalue weighted by Crippen LogP contribution is -2.62. The van der Waals surface area contributed by atoms with Crippen molar-refractivity contribution in [1.82, 2.24) is 44.8 Å². The first-order chi connectivity index (χ1) is 31.3. The third-order valence-corrected chi connectivity index (χ3v) is 13.2. The second kappa shape index (κ2) is 19.5. The van der Waals surface area contributed by atoms with Crippen molar-refractivity contribution in [3.05, 3.63) is 71.9 Å². The number of nitrogens with one attached hydrogen (secondary N) is 2. The van der Waals surface area contributed by atoms with Crippen molar-refractivity contribution in [2.24, 2.45) is 24.3 Å². The van der Waals surface area contributed by atoms with Gasteiger partial charge in [-0.25, -0.2) is 5.43 Å². The summed E-state index contributed by atoms with van der Waals surface area (Å²) in [5.74, 6) is -2.82. The molecule has 6 bridgehead atoms. The Morgan fingerprint density at radius 1 is 1.06 bits per heavy atom. The zero-order valence-corrected chi connectivity index (χ0v) is 40.0. The predicted octanol–water partition coefficient (Wildman–Crippen LogP) is 4.66. The molecule has 0 radical (unpaired) electrons. The second-order valence-corrected chi connectivity index (χ2v) is 19.7. The van der Waals surface area contributed by atoms with Crippen LogP contribution < -0.4 is 10.7 Å². The number of amides is 4. The number of hydrogen-bond donors (Lipinski definition) is 3. The van der Waals surface area contributed by atoms with Gasteiger partial charge in [0.15, 0.2) is 0 Å². The molecule has 354 valence electrons. The number of carbonyl (C=O) groups is 5. The molecule has 3 aliphatic heterocycles. The maximum Gasteiger partial charge on any atom is 0.324 e. The number of nitrogens with zero attached hydrogens (tertiary/aromatic N) is 7. The summed E-state index contributed by atoms with van der Waals surface area (Å²) in [5.41, 5.74) is 9.84. The Kier molecular flexibility index (Phi) is 14.1. The van der Waals surface area contributed by atoms with E-state index in [4.69, 9.17) is 9.84 Å². The molecule has 3 N–H and O–H groups in total. The molecule has 4 atom stereocenters. The number of fused-ring (bicyclic) bond motifs is 6. The Morgan fingerprint density at radius 3 is 2.52 bits per heavy atom. The van der Waals surface area contributed by atoms with E-state index in [0.29, 0.717) is 50.9 Å². The van der Waals surface area contributed by atoms with Crippen LogP contribution >= 0.6 is 0 Å². The van der Waals surface area contributed by atoms with Crippen LogP contribution in [0.4, 0.5) is 0 Å². The van der Waals surface area contributed by atoms with Gasteiger partial charge in [0.2, 0.25) is 17.7 Å². The van der Waals surface area contributed by atoms with Crippen molar-refractivity contribution >= 4 is 40.5 Å². The maximum atomic E-state index is 14.7. The molecule has 0 aliphatic carbocycles. The minimum Gasteiger partial charge on any atom is -0.508 e. The number of aryl methyl sites for hydroxylation is 2. The molecule has 0 saturated carbocycles. The molecule has 4 aromatic rings. The number of aromatic hydroxyl groups is 1. The number of carbonyl (C=O) groups excluding carboxylic acids is 5. The zero-order chi connectivity index (χ0) is 47.8. The largest absolute Gasteiger partial charge is 0.508 e. The van der Waals surface area contributed by atoms with E-state index in [9.17, 15) is 29.1 Å². The average Bonchev–Trinajstić information content (AvgIpc) is 3.98. The molecule has 2 aromatic heterocycles. The van der Waals surface area contributed by atoms with Crippen LogP contribution in [0.2, 0.25) is 0 Å². The molecule has 0 spiro atoms. The minimum atomic E-state index is -1.16. The van der Waals surface area contributed by atoms with Gasteiger partial charge in [0.1, 0.15) is 23.9 Å². The summed E-state index contributed by atoms with van der Waals surface area (Å²) < 4.78 is 10.4. The number of esters is 1. The summed E-state index contributed by atoms with van der Waals surface area (Å²) in [6.45, 7) is 16.0. The van der Waals surface area contributed by atoms with Gasteiger partial charge in [-0.15, -0.1) is 0 Å². The van der Waals surface area contributed by atoms with Crippen LogP contribution in [0.15, 0.2) is 55.1 Å². The smallest absolute Gasteiger partial charge is 0.324 e. The second-order valence-electron chi connectivity index (χ2n) is 19.7. The average molecular weight is 906 g/mol. The lowest BCUT2D eigenvalue weighted by Gasteiger charge is -2.37. The number of rotatable bonds is 10. The zero-order valence-electron chi connectivity index (χ0n) is 40.0. The third-order valence-electron chi connectivity index (χ3n) is 13.2. The normalized spacial score (nSPS) is 20.6. The van der Waals surface area contributed by atoms with Crippen molar-refractivity contribution < 1.29 is 33.8 Å². The molecular formula is C50H67N9O7. The van der Waals surface area contributed by atoms with E-state index in [1.807, 2.05) is 51.8 Å². The van der Waals surface area contributed by atoms with Crippen LogP contribution in [-0.2, 0) is 61.7 Å². The first kappa shape index (κ1) is 47.9. The van der Waals surface area contributed by atoms with Gasteiger partial charge in [-0.3, -0.25) is 33.7 Å². The Labute approximate surface area is 387 Å². The molecule has 2 saturated heterocycles. The van der Waals surface area contributed by atoms with Crippen LogP contribution in [0.3, 0.4) is 0 Å². The van der Waals surface area contributed by atoms with Gasteiger partial charge >= 0.3 is 5.97 Å². The number of hydrazine groups is 1. The molecule has 16 nitrogen and oxygen atoms in total. The van der Waals surface area contributed by atoms with Crippen LogP contribution in [0.5, 0.6) is 5.75 Å². The molecule has 5 heterocycles. The van der Waals surface area contributed by atoms with E-state index in [2.05, 4.69) is 65.8 Å². The van der Waals surface area contributed by atoms with Crippen LogP contribution in [0.1, 0.15) is 70.7 Å². The summed E-state index contributed by atoms with van der Waals surface area (Å²) in [7, 11) is 7.59. The summed E-state index contributed by atoms with van der Waals surface area (Å²) in [5, 5.41) is 21.6. The highest BCUT2D eigenvalue weighted by atomic mass is 16.5. The molecule has 66 heavy (non-hydrogen) atoms. The van der Waals surface area contributed by atoms with E-state index in [-0.39, 0.29) is 49.6 Å². The number of aromatic nitrogens is 3. The number of cyclic esters (lactones) is 1. The SMILES string of the molecule is C=CC(=O)N1CC[C@H](C(=O)N(C)[C@H](C(=O)N[C@H]2Cc3cc(O)cc(c3)-c3ccc4c(c3)c(c(-c3cc(CN(C)C)nn3C)n4CC)CC(C)(C)COC(=O)[C@@H]3CCCN(N3)C2=O)C(C)C)C1. The van der Waals surface area contributed by atoms with Gasteiger partial charge in [0.05, 0.1) is 29.6 Å². The van der Waals surface area contributed by atoms with Crippen LogP contribution in [0.25, 0.3) is 33.4 Å². The van der Waals surface area contributed by atoms with E-state index in [1.165, 1.54) is 16.0 Å². The fourth-order valence-electron chi connectivity index (χ4n) is 10.0. The van der Waals surface area contributed by atoms with E-state index >= 15 is 0 Å². The Morgan fingerprint density at radius 2 is 1.82 bits per heavy atom. The Balaban J connectivity index is 1.30. The lowest BCUT2D eigenvalue weighted by molar-refractivity contribution is -0.155. The topological polar surface area (TPSA) is 175 Å². The number of phenols is 1. The number of benzene rings is 2. The van der Waals surface area contributed by atoms with Gasteiger partial charge in [-0.2, -0.15) is 5.10 Å². The highest BCUT2D eigenvalue weighted by molar-refractivity contribution is 5.96. The van der Waals surface area contributed by atoms with Gasteiger partial charge in [-0.05, 0) is 111 Å². The number of ether oxygens (including phenoxy) is 1. The molecule has 2 aromatic carbocycles. The van der Waals surface area contributed by atoms with Gasteiger partial charge < -0.3 is 34.4 Å². The van der Waals surface area contributed by atoms with E-state index in [0.717, 1.165) is 44.7 Å². The molecule has 3 aliphatic rings. The van der Waals surface area contributed by atoms with Crippen molar-refractivity contribution in [1.29, 1.82) is 0 Å². The Hall–Kier alpha value is -6.00. The fourth-order valence-corrected chi connectivity index (χ4v) is 10.0. The predicted molar refractivity (Wildman–Crippen MR) is 253 cm³/mol. The van der Waals surface area contributed by atoms with E-state index < -0.39 is 47.2 Å². The minimum absolute atomic E-state index is 0.00317. The van der Waals surface area contributed by atoms with Crippen LogP contribution in [-0.4, -0.2) is 134 Å². The number of likely N-dealkylation sites (tertiary alicyclic amines) is 1. The van der Waals surface area contributed by atoms with Crippen LogP contribution in [0, 0.1) is 17.3 Å². The quantitative estimate of drug-likeness (QED) is 0.150. The molecule has 16 heteroatoms. The Bertz CT molecular complexity index is 2520. The first-order valence-corrected chi connectivity index (χ1v) is 23.2. The van der Waals surface area contributed by atoms with Crippen molar-refractivity contribution in [3.8, 4) is 28.3 Å². The summed E-state index contributed by atoms with van der Waals surface area (Å²) in [6, 6.07) is 10.7. The van der Waals surface area contributed by atoms with Crippen molar-refractivity contribution in [2.75, 3.05) is 47.4 Å². The van der Waals surface area contributed by atoms with Crippen molar-refractivity contribution in [3.63, 3.8) is 0 Å². The standard InChI is InChI=1S/C50H67N9O7/c1-11-43(61)57-19-17-33(27-57)47(63)55(9)44(30(3)4)46(62)51-40-22-31-20-34(23-36(60)21-31)32-15-16-41-37(24-32)38(45(58(41)12-2)42-25-35(28-54(7)8)52-56(42)10)26-50(5,6)29-66-49(65)39-14-13-18-59(53-39)48(40)64/h11,15-16,20-21,23-25,30,33,39-40,44,53,60H,1,12-14,17-19,22,26-29H2,2-10H3,(H,51,62)/t33-,39-,40-,44-/m0/s1. The number of hydrogen-bond acceptors (Lipinski definition) is 10. The summed E-state index contributed by atoms with van der Waals surface area (Å²) in [4.78, 5) is 74.4. The molecule has 0 unspecified atom stereocenters. The molecule has 4 amide bonds. The summed E-state index contributed by atoms with van der Waals surface area (Å²) in [6.07, 6.45) is 3.21. The highest BCUT2D eigenvalue weighted by Gasteiger charge is 2.40. The molecular weight excluding hydrogens is 839 g/mol. The maximum absolute atomic E-state index is 14.7. The first-order valence-electron chi connectivity index (χ1n) is 23.2. The third kappa shape index (κ3) is 10.0. The van der Waals surface area contributed by atoms with Crippen molar-refractivity contribution in [2.45, 2.75) is 97.9 Å². The highest BCUT2D eigenvalue weighted by Crippen LogP contribution is 2.41. The lowest BCUT2D eigenvalue weighted by atomic mass is 9.84. The van der Waals surface area contributed by atoms with E-state index in [1.54, 1.807) is 24.1 Å².